The number of hydrogen-bond donors (Lipinski definition) is 2. The number of benzene rings is 2. The lowest BCUT2D eigenvalue weighted by Gasteiger charge is -2.22. The number of aliphatic carboxylic acids is 1. The first kappa shape index (κ1) is 17.7. The average Bonchev–Trinajstić information content (AvgIpc) is 2.56. The molecule has 0 saturated carbocycles. The molecule has 4 nitrogen and oxygen atoms in total. The number of carbonyl (C=O) groups is 2. The maximum Gasteiger partial charge on any atom is 0.326 e. The van der Waals surface area contributed by atoms with Gasteiger partial charge in [-0.15, -0.1) is 0 Å². The molecule has 0 aliphatic carbocycles. The van der Waals surface area contributed by atoms with Gasteiger partial charge >= 0.3 is 5.97 Å². The molecule has 0 aromatic heterocycles. The number of hydrogen-bond acceptors (Lipinski definition) is 2. The van der Waals surface area contributed by atoms with E-state index in [4.69, 9.17) is 0 Å². The van der Waals surface area contributed by atoms with Gasteiger partial charge in [0.1, 0.15) is 6.04 Å². The number of amides is 1. The molecule has 4 heteroatoms. The van der Waals surface area contributed by atoms with E-state index < -0.39 is 17.9 Å². The molecule has 0 aliphatic heterocycles. The summed E-state index contributed by atoms with van der Waals surface area (Å²) in [6.45, 7) is 3.88. The van der Waals surface area contributed by atoms with Gasteiger partial charge in [-0.1, -0.05) is 74.5 Å². The zero-order valence-corrected chi connectivity index (χ0v) is 14.0. The first-order valence-corrected chi connectivity index (χ1v) is 8.12. The van der Waals surface area contributed by atoms with Crippen LogP contribution >= 0.6 is 0 Å². The smallest absolute Gasteiger partial charge is 0.326 e. The number of carboxylic acid groups (broad SMARTS) is 1. The Hall–Kier alpha value is -2.62. The van der Waals surface area contributed by atoms with Crippen LogP contribution in [0, 0.1) is 5.92 Å². The van der Waals surface area contributed by atoms with Crippen molar-refractivity contribution in [2.75, 3.05) is 0 Å². The lowest BCUT2D eigenvalue weighted by molar-refractivity contribution is -0.142. The van der Waals surface area contributed by atoms with Crippen molar-refractivity contribution < 1.29 is 14.7 Å². The highest BCUT2D eigenvalue weighted by molar-refractivity contribution is 5.90. The van der Waals surface area contributed by atoms with E-state index in [9.17, 15) is 14.7 Å². The third-order valence-corrected chi connectivity index (χ3v) is 3.85. The highest BCUT2D eigenvalue weighted by atomic mass is 16.4. The highest BCUT2D eigenvalue weighted by Crippen LogP contribution is 2.25. The van der Waals surface area contributed by atoms with Crippen LogP contribution < -0.4 is 5.32 Å². The van der Waals surface area contributed by atoms with Crippen LogP contribution in [0.25, 0.3) is 0 Å². The van der Waals surface area contributed by atoms with Gasteiger partial charge in [0.05, 0.1) is 5.92 Å². The van der Waals surface area contributed by atoms with Crippen molar-refractivity contribution in [1.29, 1.82) is 0 Å². The summed E-state index contributed by atoms with van der Waals surface area (Å²) in [6.07, 6.45) is 0.400. The molecule has 0 saturated heterocycles. The van der Waals surface area contributed by atoms with Crippen LogP contribution in [0.2, 0.25) is 0 Å². The normalized spacial score (nSPS) is 12.2. The van der Waals surface area contributed by atoms with Gasteiger partial charge in [-0.2, -0.15) is 0 Å². The molecule has 0 aliphatic rings. The number of nitrogens with one attached hydrogen (secondary N) is 1. The predicted molar refractivity (Wildman–Crippen MR) is 93.7 cm³/mol. The van der Waals surface area contributed by atoms with E-state index in [-0.39, 0.29) is 11.8 Å². The molecular formula is C20H23NO3. The maximum atomic E-state index is 12.9. The molecular weight excluding hydrogens is 302 g/mol. The van der Waals surface area contributed by atoms with Crippen molar-refractivity contribution in [3.05, 3.63) is 71.8 Å². The summed E-state index contributed by atoms with van der Waals surface area (Å²) in [6, 6.07) is 17.9. The van der Waals surface area contributed by atoms with Gasteiger partial charge in [-0.05, 0) is 23.5 Å². The fourth-order valence-electron chi connectivity index (χ4n) is 2.73. The molecule has 0 radical (unpaired) electrons. The molecule has 2 N–H and O–H groups in total. The zero-order chi connectivity index (χ0) is 17.5. The molecule has 2 rings (SSSR count). The van der Waals surface area contributed by atoms with Crippen molar-refractivity contribution >= 4 is 11.9 Å². The minimum Gasteiger partial charge on any atom is -0.480 e. The molecule has 2 aromatic carbocycles. The maximum absolute atomic E-state index is 12.9. The van der Waals surface area contributed by atoms with Crippen LogP contribution in [0.5, 0.6) is 0 Å². The van der Waals surface area contributed by atoms with Crippen LogP contribution in [0.15, 0.2) is 60.7 Å². The number of rotatable bonds is 7. The fraction of sp³-hybridized carbons (Fsp3) is 0.300. The fourth-order valence-corrected chi connectivity index (χ4v) is 2.73. The molecule has 1 atom stereocenters. The van der Waals surface area contributed by atoms with Gasteiger partial charge in [0.25, 0.3) is 0 Å². The lowest BCUT2D eigenvalue weighted by Crippen LogP contribution is -2.44. The Balaban J connectivity index is 2.30. The molecule has 0 fully saturated rings. The minimum atomic E-state index is -1.00. The summed E-state index contributed by atoms with van der Waals surface area (Å²) >= 11 is 0. The Morgan fingerprint density at radius 2 is 1.38 bits per heavy atom. The van der Waals surface area contributed by atoms with E-state index in [1.165, 1.54) is 0 Å². The predicted octanol–water partition coefficient (Wildman–Crippen LogP) is 3.43. The molecule has 0 unspecified atom stereocenters. The Labute approximate surface area is 142 Å². The molecule has 2 aromatic rings. The Kier molecular flexibility index (Phi) is 6.13. The summed E-state index contributed by atoms with van der Waals surface area (Å²) in [5.41, 5.74) is 1.68. The Morgan fingerprint density at radius 1 is 0.917 bits per heavy atom. The van der Waals surface area contributed by atoms with E-state index in [0.29, 0.717) is 6.42 Å². The van der Waals surface area contributed by atoms with Crippen LogP contribution in [-0.2, 0) is 9.59 Å². The van der Waals surface area contributed by atoms with E-state index >= 15 is 0 Å². The second kappa shape index (κ2) is 8.29. The van der Waals surface area contributed by atoms with Gasteiger partial charge < -0.3 is 10.4 Å². The zero-order valence-electron chi connectivity index (χ0n) is 14.0. The van der Waals surface area contributed by atoms with Crippen LogP contribution in [0.3, 0.4) is 0 Å². The third kappa shape index (κ3) is 4.69. The molecule has 0 heterocycles. The molecule has 0 bridgehead atoms. The quantitative estimate of drug-likeness (QED) is 0.819. The number of carbonyl (C=O) groups excluding carboxylic acids is 1. The van der Waals surface area contributed by atoms with Gasteiger partial charge in [0.15, 0.2) is 0 Å². The van der Waals surface area contributed by atoms with Crippen molar-refractivity contribution in [1.82, 2.24) is 5.32 Å². The van der Waals surface area contributed by atoms with Crippen molar-refractivity contribution in [2.45, 2.75) is 32.2 Å². The van der Waals surface area contributed by atoms with Crippen molar-refractivity contribution in [3.63, 3.8) is 0 Å². The second-order valence-electron chi connectivity index (χ2n) is 6.28. The van der Waals surface area contributed by atoms with E-state index in [1.54, 1.807) is 0 Å². The van der Waals surface area contributed by atoms with Crippen LogP contribution in [0.4, 0.5) is 0 Å². The van der Waals surface area contributed by atoms with Crippen molar-refractivity contribution in [3.8, 4) is 0 Å². The number of carboxylic acids is 1. The minimum absolute atomic E-state index is 0.179. The van der Waals surface area contributed by atoms with Crippen molar-refractivity contribution in [2.24, 2.45) is 5.92 Å². The average molecular weight is 325 g/mol. The summed E-state index contributed by atoms with van der Waals surface area (Å²) in [5.74, 6) is -1.64. The monoisotopic (exact) mass is 325 g/mol. The standard InChI is InChI=1S/C20H23NO3/c1-14(2)13-17(20(23)24)21-19(22)18(15-9-5-3-6-10-15)16-11-7-4-8-12-16/h3-12,14,17-18H,13H2,1-2H3,(H,21,22)(H,23,24)/t17-/m0/s1. The second-order valence-corrected chi connectivity index (χ2v) is 6.28. The Morgan fingerprint density at radius 3 is 1.75 bits per heavy atom. The van der Waals surface area contributed by atoms with E-state index in [2.05, 4.69) is 5.32 Å². The van der Waals surface area contributed by atoms with Gasteiger partial charge in [-0.25, -0.2) is 4.79 Å². The molecule has 24 heavy (non-hydrogen) atoms. The first-order chi connectivity index (χ1) is 11.5. The van der Waals surface area contributed by atoms with Gasteiger partial charge in [-0.3, -0.25) is 4.79 Å². The first-order valence-electron chi connectivity index (χ1n) is 8.12. The van der Waals surface area contributed by atoms with Gasteiger partial charge in [0, 0.05) is 0 Å². The molecule has 1 amide bonds. The largest absolute Gasteiger partial charge is 0.480 e. The van der Waals surface area contributed by atoms with E-state index in [1.807, 2.05) is 74.5 Å². The van der Waals surface area contributed by atoms with Crippen LogP contribution in [0.1, 0.15) is 37.3 Å². The summed E-state index contributed by atoms with van der Waals surface area (Å²) in [5, 5.41) is 12.1. The summed E-state index contributed by atoms with van der Waals surface area (Å²) in [4.78, 5) is 24.3. The summed E-state index contributed by atoms with van der Waals surface area (Å²) in [7, 11) is 0. The van der Waals surface area contributed by atoms with Crippen LogP contribution in [-0.4, -0.2) is 23.0 Å². The molecule has 126 valence electrons. The van der Waals surface area contributed by atoms with E-state index in [0.717, 1.165) is 11.1 Å². The molecule has 0 spiro atoms. The third-order valence-electron chi connectivity index (χ3n) is 3.85. The highest BCUT2D eigenvalue weighted by Gasteiger charge is 2.27. The lowest BCUT2D eigenvalue weighted by atomic mass is 9.90. The van der Waals surface area contributed by atoms with Gasteiger partial charge in [0.2, 0.25) is 5.91 Å². The summed E-state index contributed by atoms with van der Waals surface area (Å²) < 4.78 is 0. The SMILES string of the molecule is CC(C)C[C@H](NC(=O)C(c1ccccc1)c1ccccc1)C(=O)O. The topological polar surface area (TPSA) is 66.4 Å². The Bertz CT molecular complexity index is 628.